The molecular formula is C22H27ClN2O3S. The van der Waals surface area contributed by atoms with Gasteiger partial charge in [0.1, 0.15) is 6.04 Å². The van der Waals surface area contributed by atoms with Gasteiger partial charge in [0.05, 0.1) is 10.9 Å². The van der Waals surface area contributed by atoms with Crippen LogP contribution in [0.1, 0.15) is 48.9 Å². The fourth-order valence-corrected chi connectivity index (χ4v) is 5.70. The summed E-state index contributed by atoms with van der Waals surface area (Å²) in [5.74, 6) is -0.244. The van der Waals surface area contributed by atoms with Crippen LogP contribution in [-0.4, -0.2) is 31.2 Å². The first kappa shape index (κ1) is 21.8. The van der Waals surface area contributed by atoms with E-state index in [1.54, 1.807) is 12.1 Å². The Morgan fingerprint density at radius 3 is 2.52 bits per heavy atom. The van der Waals surface area contributed by atoms with Crippen molar-refractivity contribution in [3.05, 3.63) is 64.2 Å². The summed E-state index contributed by atoms with van der Waals surface area (Å²) >= 11 is 5.88. The summed E-state index contributed by atoms with van der Waals surface area (Å²) in [7, 11) is -3.76. The maximum atomic E-state index is 13.1. The van der Waals surface area contributed by atoms with Crippen LogP contribution in [0.5, 0.6) is 0 Å². The number of sulfonamides is 1. The Hall–Kier alpha value is -1.89. The Morgan fingerprint density at radius 1 is 1.21 bits per heavy atom. The van der Waals surface area contributed by atoms with Crippen molar-refractivity contribution in [3.63, 3.8) is 0 Å². The lowest BCUT2D eigenvalue weighted by molar-refractivity contribution is -0.125. The highest BCUT2D eigenvalue weighted by molar-refractivity contribution is 7.89. The van der Waals surface area contributed by atoms with E-state index in [-0.39, 0.29) is 16.8 Å². The zero-order valence-electron chi connectivity index (χ0n) is 17.0. The predicted molar refractivity (Wildman–Crippen MR) is 115 cm³/mol. The molecule has 1 aliphatic heterocycles. The number of hydrogen-bond acceptors (Lipinski definition) is 3. The van der Waals surface area contributed by atoms with Crippen molar-refractivity contribution in [2.75, 3.05) is 6.54 Å². The van der Waals surface area contributed by atoms with Crippen LogP contribution >= 0.6 is 11.6 Å². The standard InChI is InChI=1S/C22H27ClN2O3S/c1-4-20(19-12-7-15(2)14-16(19)3)24-22(26)21-6-5-13-25(21)29(27,28)18-10-8-17(23)9-11-18/h7-12,14,20-21H,4-6,13H2,1-3H3,(H,24,26)/t20-,21-/m1/s1. The number of rotatable bonds is 6. The topological polar surface area (TPSA) is 66.5 Å². The highest BCUT2D eigenvalue weighted by atomic mass is 35.5. The van der Waals surface area contributed by atoms with E-state index in [0.29, 0.717) is 24.4 Å². The van der Waals surface area contributed by atoms with Crippen LogP contribution in [0.3, 0.4) is 0 Å². The van der Waals surface area contributed by atoms with E-state index in [1.807, 2.05) is 32.9 Å². The van der Waals surface area contributed by atoms with Crippen molar-refractivity contribution in [1.29, 1.82) is 0 Å². The minimum atomic E-state index is -3.76. The van der Waals surface area contributed by atoms with Gasteiger partial charge in [-0.3, -0.25) is 4.79 Å². The Morgan fingerprint density at radius 2 is 1.90 bits per heavy atom. The Bertz CT molecular complexity index is 990. The molecule has 2 atom stereocenters. The van der Waals surface area contributed by atoms with Crippen molar-refractivity contribution in [2.45, 2.75) is 57.0 Å². The van der Waals surface area contributed by atoms with Crippen molar-refractivity contribution in [2.24, 2.45) is 0 Å². The second kappa shape index (κ2) is 8.86. The monoisotopic (exact) mass is 434 g/mol. The van der Waals surface area contributed by atoms with Gasteiger partial charge in [0.25, 0.3) is 0 Å². The Kier molecular flexibility index (Phi) is 6.66. The Balaban J connectivity index is 1.81. The third-order valence-electron chi connectivity index (χ3n) is 5.45. The molecular weight excluding hydrogens is 408 g/mol. The lowest BCUT2D eigenvalue weighted by Crippen LogP contribution is -2.46. The smallest absolute Gasteiger partial charge is 0.243 e. The predicted octanol–water partition coefficient (Wildman–Crippen LogP) is 4.38. The average molecular weight is 435 g/mol. The number of nitrogens with one attached hydrogen (secondary N) is 1. The summed E-state index contributed by atoms with van der Waals surface area (Å²) in [6.45, 7) is 6.42. The Labute approximate surface area is 178 Å². The molecule has 2 aromatic rings. The normalized spacial score (nSPS) is 18.6. The van der Waals surface area contributed by atoms with Gasteiger partial charge in [0.15, 0.2) is 0 Å². The fraction of sp³-hybridized carbons (Fsp3) is 0.409. The maximum absolute atomic E-state index is 13.1. The number of carbonyl (C=O) groups is 1. The van der Waals surface area contributed by atoms with Crippen LogP contribution in [-0.2, 0) is 14.8 Å². The molecule has 0 bridgehead atoms. The number of benzene rings is 2. The fourth-order valence-electron chi connectivity index (χ4n) is 3.92. The van der Waals surface area contributed by atoms with Gasteiger partial charge in [0, 0.05) is 11.6 Å². The van der Waals surface area contributed by atoms with Crippen LogP contribution in [0.4, 0.5) is 0 Å². The highest BCUT2D eigenvalue weighted by Crippen LogP contribution is 2.28. The summed E-state index contributed by atoms with van der Waals surface area (Å²) < 4.78 is 27.5. The van der Waals surface area contributed by atoms with Crippen molar-refractivity contribution < 1.29 is 13.2 Å². The number of hydrogen-bond donors (Lipinski definition) is 1. The molecule has 156 valence electrons. The first-order valence-electron chi connectivity index (χ1n) is 9.89. The molecule has 0 unspecified atom stereocenters. The molecule has 5 nitrogen and oxygen atoms in total. The number of nitrogens with zero attached hydrogens (tertiary/aromatic N) is 1. The molecule has 1 saturated heterocycles. The zero-order chi connectivity index (χ0) is 21.2. The van der Waals surface area contributed by atoms with E-state index < -0.39 is 16.1 Å². The second-order valence-electron chi connectivity index (χ2n) is 7.56. The number of halogens is 1. The summed E-state index contributed by atoms with van der Waals surface area (Å²) in [5.41, 5.74) is 3.36. The molecule has 0 aromatic heterocycles. The van der Waals surface area contributed by atoms with Crippen LogP contribution in [0.25, 0.3) is 0 Å². The van der Waals surface area contributed by atoms with Gasteiger partial charge < -0.3 is 5.32 Å². The van der Waals surface area contributed by atoms with E-state index in [9.17, 15) is 13.2 Å². The van der Waals surface area contributed by atoms with Crippen LogP contribution in [0.15, 0.2) is 47.4 Å². The third kappa shape index (κ3) is 4.65. The van der Waals surface area contributed by atoms with Gasteiger partial charge in [-0.05, 0) is 68.5 Å². The first-order chi connectivity index (χ1) is 13.7. The molecule has 29 heavy (non-hydrogen) atoms. The molecule has 1 aliphatic rings. The average Bonchev–Trinajstić information content (AvgIpc) is 3.18. The summed E-state index contributed by atoms with van der Waals surface area (Å²) in [6, 6.07) is 11.4. The van der Waals surface area contributed by atoms with Gasteiger partial charge in [-0.15, -0.1) is 0 Å². The minimum Gasteiger partial charge on any atom is -0.348 e. The van der Waals surface area contributed by atoms with Crippen LogP contribution in [0, 0.1) is 13.8 Å². The van der Waals surface area contributed by atoms with Crippen LogP contribution in [0.2, 0.25) is 5.02 Å². The minimum absolute atomic E-state index is 0.149. The van der Waals surface area contributed by atoms with Crippen molar-refractivity contribution >= 4 is 27.5 Å². The molecule has 0 spiro atoms. The molecule has 1 N–H and O–H groups in total. The van der Waals surface area contributed by atoms with Gasteiger partial charge in [-0.2, -0.15) is 4.31 Å². The van der Waals surface area contributed by atoms with E-state index in [2.05, 4.69) is 11.4 Å². The summed E-state index contributed by atoms with van der Waals surface area (Å²) in [4.78, 5) is 13.2. The lowest BCUT2D eigenvalue weighted by atomic mass is 9.97. The zero-order valence-corrected chi connectivity index (χ0v) is 18.6. The van der Waals surface area contributed by atoms with Crippen LogP contribution < -0.4 is 5.32 Å². The van der Waals surface area contributed by atoms with Gasteiger partial charge >= 0.3 is 0 Å². The van der Waals surface area contributed by atoms with Gasteiger partial charge in [0.2, 0.25) is 15.9 Å². The largest absolute Gasteiger partial charge is 0.348 e. The molecule has 1 amide bonds. The van der Waals surface area contributed by atoms with Crippen molar-refractivity contribution in [1.82, 2.24) is 9.62 Å². The molecule has 7 heteroatoms. The number of aryl methyl sites for hydroxylation is 2. The first-order valence-corrected chi connectivity index (χ1v) is 11.7. The van der Waals surface area contributed by atoms with Gasteiger partial charge in [-0.1, -0.05) is 42.3 Å². The van der Waals surface area contributed by atoms with E-state index in [0.717, 1.165) is 17.5 Å². The SMILES string of the molecule is CC[C@@H](NC(=O)[C@H]1CCCN1S(=O)(=O)c1ccc(Cl)cc1)c1ccc(C)cc1C. The molecule has 2 aromatic carbocycles. The second-order valence-corrected chi connectivity index (χ2v) is 9.88. The molecule has 0 radical (unpaired) electrons. The van der Waals surface area contributed by atoms with E-state index in [1.165, 1.54) is 22.0 Å². The quantitative estimate of drug-likeness (QED) is 0.733. The molecule has 0 saturated carbocycles. The number of carbonyl (C=O) groups excluding carboxylic acids is 1. The summed E-state index contributed by atoms with van der Waals surface area (Å²) in [5, 5.41) is 3.55. The lowest BCUT2D eigenvalue weighted by Gasteiger charge is -2.26. The molecule has 1 heterocycles. The molecule has 3 rings (SSSR count). The third-order valence-corrected chi connectivity index (χ3v) is 7.63. The van der Waals surface area contributed by atoms with Crippen molar-refractivity contribution in [3.8, 4) is 0 Å². The van der Waals surface area contributed by atoms with E-state index in [4.69, 9.17) is 11.6 Å². The molecule has 0 aliphatic carbocycles. The highest BCUT2D eigenvalue weighted by Gasteiger charge is 2.40. The molecule has 1 fully saturated rings. The number of amides is 1. The van der Waals surface area contributed by atoms with Gasteiger partial charge in [-0.25, -0.2) is 8.42 Å². The summed E-state index contributed by atoms with van der Waals surface area (Å²) in [6.07, 6.45) is 1.90. The maximum Gasteiger partial charge on any atom is 0.243 e. The van der Waals surface area contributed by atoms with E-state index >= 15 is 0 Å².